The second kappa shape index (κ2) is 4.51. The summed E-state index contributed by atoms with van der Waals surface area (Å²) in [7, 11) is 1.38. The highest BCUT2D eigenvalue weighted by Gasteiger charge is 2.32. The van der Waals surface area contributed by atoms with Gasteiger partial charge in [-0.15, -0.1) is 0 Å². The van der Waals surface area contributed by atoms with Gasteiger partial charge in [0, 0.05) is 25.6 Å². The predicted molar refractivity (Wildman–Crippen MR) is 55.4 cm³/mol. The van der Waals surface area contributed by atoms with Crippen molar-refractivity contribution in [1.82, 2.24) is 10.2 Å². The SMILES string of the molecule is COC(=O)N1CCC(C)(NC(C)=O)CC1. The summed E-state index contributed by atoms with van der Waals surface area (Å²) in [4.78, 5) is 23.8. The topological polar surface area (TPSA) is 58.6 Å². The van der Waals surface area contributed by atoms with Crippen LogP contribution in [0.2, 0.25) is 0 Å². The molecule has 2 amide bonds. The molecule has 0 bridgehead atoms. The summed E-state index contributed by atoms with van der Waals surface area (Å²) in [5.74, 6) is -0.0241. The molecule has 0 radical (unpaired) electrons. The van der Waals surface area contributed by atoms with E-state index in [1.54, 1.807) is 4.90 Å². The summed E-state index contributed by atoms with van der Waals surface area (Å²) in [5.41, 5.74) is -0.184. The Morgan fingerprint density at radius 1 is 1.33 bits per heavy atom. The maximum atomic E-state index is 11.2. The van der Waals surface area contributed by atoms with Crippen molar-refractivity contribution in [3.8, 4) is 0 Å². The van der Waals surface area contributed by atoms with E-state index in [1.807, 2.05) is 6.92 Å². The van der Waals surface area contributed by atoms with Crippen LogP contribution in [0.5, 0.6) is 0 Å². The average molecular weight is 214 g/mol. The average Bonchev–Trinajstić information content (AvgIpc) is 2.16. The molecular formula is C10H18N2O3. The summed E-state index contributed by atoms with van der Waals surface area (Å²) in [5, 5.41) is 2.92. The highest BCUT2D eigenvalue weighted by molar-refractivity contribution is 5.74. The largest absolute Gasteiger partial charge is 0.453 e. The fourth-order valence-electron chi connectivity index (χ4n) is 1.86. The number of rotatable bonds is 1. The Labute approximate surface area is 89.8 Å². The molecule has 1 heterocycles. The van der Waals surface area contributed by atoms with Crippen molar-refractivity contribution in [3.63, 3.8) is 0 Å². The van der Waals surface area contributed by atoms with Gasteiger partial charge in [0.15, 0.2) is 0 Å². The number of likely N-dealkylation sites (tertiary alicyclic amines) is 1. The van der Waals surface area contributed by atoms with E-state index in [1.165, 1.54) is 14.0 Å². The van der Waals surface area contributed by atoms with Crippen LogP contribution in [-0.2, 0) is 9.53 Å². The Morgan fingerprint density at radius 2 is 1.87 bits per heavy atom. The molecule has 1 aliphatic heterocycles. The van der Waals surface area contributed by atoms with E-state index >= 15 is 0 Å². The number of hydrogen-bond acceptors (Lipinski definition) is 3. The molecule has 86 valence electrons. The second-order valence-corrected chi connectivity index (χ2v) is 4.20. The first-order valence-electron chi connectivity index (χ1n) is 5.08. The summed E-state index contributed by atoms with van der Waals surface area (Å²) >= 11 is 0. The van der Waals surface area contributed by atoms with Crippen molar-refractivity contribution in [3.05, 3.63) is 0 Å². The van der Waals surface area contributed by atoms with Crippen LogP contribution in [0.15, 0.2) is 0 Å². The molecule has 0 saturated carbocycles. The van der Waals surface area contributed by atoms with E-state index < -0.39 is 0 Å². The predicted octanol–water partition coefficient (Wildman–Crippen LogP) is 0.743. The summed E-state index contributed by atoms with van der Waals surface area (Å²) in [6.45, 7) is 4.77. The molecule has 5 nitrogen and oxygen atoms in total. The van der Waals surface area contributed by atoms with Gasteiger partial charge in [0.1, 0.15) is 0 Å². The molecule has 0 aromatic heterocycles. The van der Waals surface area contributed by atoms with Gasteiger partial charge in [-0.25, -0.2) is 4.79 Å². The van der Waals surface area contributed by atoms with Gasteiger partial charge in [-0.05, 0) is 19.8 Å². The van der Waals surface area contributed by atoms with Crippen LogP contribution in [0.4, 0.5) is 4.79 Å². The molecule has 1 aliphatic rings. The van der Waals surface area contributed by atoms with Crippen molar-refractivity contribution in [2.75, 3.05) is 20.2 Å². The Morgan fingerprint density at radius 3 is 2.27 bits per heavy atom. The van der Waals surface area contributed by atoms with E-state index in [9.17, 15) is 9.59 Å². The third kappa shape index (κ3) is 3.11. The van der Waals surface area contributed by atoms with Crippen molar-refractivity contribution < 1.29 is 14.3 Å². The third-order valence-corrected chi connectivity index (χ3v) is 2.78. The van der Waals surface area contributed by atoms with E-state index in [-0.39, 0.29) is 17.5 Å². The van der Waals surface area contributed by atoms with Gasteiger partial charge in [0.2, 0.25) is 5.91 Å². The molecule has 1 N–H and O–H groups in total. The lowest BCUT2D eigenvalue weighted by Crippen LogP contribution is -2.53. The van der Waals surface area contributed by atoms with Gasteiger partial charge in [-0.1, -0.05) is 0 Å². The standard InChI is InChI=1S/C10H18N2O3/c1-8(13)11-10(2)4-6-12(7-5-10)9(14)15-3/h4-7H2,1-3H3,(H,11,13). The zero-order valence-corrected chi connectivity index (χ0v) is 9.50. The fraction of sp³-hybridized carbons (Fsp3) is 0.800. The lowest BCUT2D eigenvalue weighted by molar-refractivity contribution is -0.121. The molecule has 15 heavy (non-hydrogen) atoms. The minimum absolute atomic E-state index is 0.0241. The minimum atomic E-state index is -0.292. The number of ether oxygens (including phenoxy) is 1. The van der Waals surface area contributed by atoms with Gasteiger partial charge in [-0.2, -0.15) is 0 Å². The normalized spacial score (nSPS) is 19.5. The minimum Gasteiger partial charge on any atom is -0.453 e. The molecule has 1 rings (SSSR count). The zero-order valence-electron chi connectivity index (χ0n) is 9.50. The van der Waals surface area contributed by atoms with Gasteiger partial charge in [-0.3, -0.25) is 4.79 Å². The lowest BCUT2D eigenvalue weighted by Gasteiger charge is -2.39. The molecule has 0 atom stereocenters. The van der Waals surface area contributed by atoms with Crippen LogP contribution in [-0.4, -0.2) is 42.6 Å². The van der Waals surface area contributed by atoms with Crippen LogP contribution in [0, 0.1) is 0 Å². The Balaban J connectivity index is 2.47. The van der Waals surface area contributed by atoms with E-state index in [2.05, 4.69) is 10.1 Å². The van der Waals surface area contributed by atoms with Gasteiger partial charge < -0.3 is 15.0 Å². The van der Waals surface area contributed by atoms with Crippen LogP contribution in [0.25, 0.3) is 0 Å². The Hall–Kier alpha value is -1.26. The number of hydrogen-bond donors (Lipinski definition) is 1. The van der Waals surface area contributed by atoms with E-state index in [0.29, 0.717) is 13.1 Å². The Bertz CT molecular complexity index is 257. The highest BCUT2D eigenvalue weighted by Crippen LogP contribution is 2.21. The number of nitrogens with one attached hydrogen (secondary N) is 1. The van der Waals surface area contributed by atoms with Crippen molar-refractivity contribution in [2.45, 2.75) is 32.2 Å². The molecular weight excluding hydrogens is 196 g/mol. The monoisotopic (exact) mass is 214 g/mol. The smallest absolute Gasteiger partial charge is 0.409 e. The van der Waals surface area contributed by atoms with Crippen LogP contribution in [0.3, 0.4) is 0 Å². The second-order valence-electron chi connectivity index (χ2n) is 4.20. The van der Waals surface area contributed by atoms with Gasteiger partial charge in [0.05, 0.1) is 7.11 Å². The number of carbonyl (C=O) groups excluding carboxylic acids is 2. The van der Waals surface area contributed by atoms with Crippen LogP contribution < -0.4 is 5.32 Å². The van der Waals surface area contributed by atoms with Crippen molar-refractivity contribution in [2.24, 2.45) is 0 Å². The third-order valence-electron chi connectivity index (χ3n) is 2.78. The quantitative estimate of drug-likeness (QED) is 0.700. The van der Waals surface area contributed by atoms with Crippen molar-refractivity contribution in [1.29, 1.82) is 0 Å². The fourth-order valence-corrected chi connectivity index (χ4v) is 1.86. The first-order chi connectivity index (χ1) is 6.97. The van der Waals surface area contributed by atoms with Gasteiger partial charge >= 0.3 is 6.09 Å². The number of methoxy groups -OCH3 is 1. The Kier molecular flexibility index (Phi) is 3.55. The molecule has 0 spiro atoms. The van der Waals surface area contributed by atoms with E-state index in [0.717, 1.165) is 12.8 Å². The molecule has 1 fully saturated rings. The first kappa shape index (κ1) is 11.8. The number of nitrogens with zero attached hydrogens (tertiary/aromatic N) is 1. The molecule has 0 aromatic rings. The number of piperidine rings is 1. The maximum absolute atomic E-state index is 11.2. The summed E-state index contributed by atoms with van der Waals surface area (Å²) in [6.07, 6.45) is 1.24. The molecule has 0 aliphatic carbocycles. The van der Waals surface area contributed by atoms with Crippen LogP contribution in [0.1, 0.15) is 26.7 Å². The zero-order chi connectivity index (χ0) is 11.5. The molecule has 1 saturated heterocycles. The first-order valence-corrected chi connectivity index (χ1v) is 5.08. The number of amides is 2. The molecule has 0 aromatic carbocycles. The lowest BCUT2D eigenvalue weighted by atomic mass is 9.90. The molecule has 5 heteroatoms. The molecule has 0 unspecified atom stereocenters. The maximum Gasteiger partial charge on any atom is 0.409 e. The van der Waals surface area contributed by atoms with Crippen molar-refractivity contribution >= 4 is 12.0 Å². The summed E-state index contributed by atoms with van der Waals surface area (Å²) < 4.78 is 4.64. The van der Waals surface area contributed by atoms with Gasteiger partial charge in [0.25, 0.3) is 0 Å². The van der Waals surface area contributed by atoms with E-state index in [4.69, 9.17) is 0 Å². The highest BCUT2D eigenvalue weighted by atomic mass is 16.5. The van der Waals surface area contributed by atoms with Crippen LogP contribution >= 0.6 is 0 Å². The number of carbonyl (C=O) groups is 2. The summed E-state index contributed by atoms with van der Waals surface area (Å²) in [6, 6.07) is 0.